The number of nitrogens with zero attached hydrogens (tertiary/aromatic N) is 2. The van der Waals surface area contributed by atoms with Gasteiger partial charge in [0.1, 0.15) is 11.3 Å². The molecular weight excluding hydrogens is 379 g/mol. The van der Waals surface area contributed by atoms with Gasteiger partial charge in [-0.25, -0.2) is 9.00 Å². The number of benzene rings is 1. The predicted octanol–water partition coefficient (Wildman–Crippen LogP) is 2.73. The molecular formula is C10H10Cl2N2O8S. The van der Waals surface area contributed by atoms with E-state index >= 15 is 0 Å². The molecule has 13 heteroatoms. The molecule has 0 radical (unpaired) electrons. The molecule has 10 nitrogen and oxygen atoms in total. The summed E-state index contributed by atoms with van der Waals surface area (Å²) in [7, 11) is 8.45. The molecule has 0 fully saturated rings. The van der Waals surface area contributed by atoms with Crippen LogP contribution in [0.2, 0.25) is 0 Å². The number of ether oxygens (including phenoxy) is 2. The van der Waals surface area contributed by atoms with E-state index < -0.39 is 36.4 Å². The Balaban J connectivity index is 0.00000108. The SMILES string of the molecule is CCOc1cc([N+](=O)[O-])c([N+](=O)[O-])cc1C(=O)OC.O=S(Cl)Cl. The maximum absolute atomic E-state index is 11.5. The molecule has 0 saturated carbocycles. The molecule has 0 unspecified atom stereocenters. The zero-order valence-corrected chi connectivity index (χ0v) is 14.0. The number of esters is 1. The van der Waals surface area contributed by atoms with Crippen LogP contribution < -0.4 is 4.74 Å². The quantitative estimate of drug-likeness (QED) is 0.324. The minimum absolute atomic E-state index is 0.133. The average molecular weight is 389 g/mol. The number of nitro groups is 2. The average Bonchev–Trinajstić information content (AvgIpc) is 2.45. The summed E-state index contributed by atoms with van der Waals surface area (Å²) < 4.78 is 18.6. The zero-order valence-electron chi connectivity index (χ0n) is 11.7. The Kier molecular flexibility index (Phi) is 9.07. The predicted molar refractivity (Wildman–Crippen MR) is 82.1 cm³/mol. The molecule has 23 heavy (non-hydrogen) atoms. The Labute approximate surface area is 141 Å². The van der Waals surface area contributed by atoms with Crippen molar-refractivity contribution in [3.63, 3.8) is 0 Å². The summed E-state index contributed by atoms with van der Waals surface area (Å²) >= 11 is 0. The van der Waals surface area contributed by atoms with Gasteiger partial charge in [0.2, 0.25) is 9.23 Å². The van der Waals surface area contributed by atoms with Crippen molar-refractivity contribution >= 4 is 47.9 Å². The molecule has 1 aromatic carbocycles. The first-order valence-corrected chi connectivity index (χ1v) is 8.38. The summed E-state index contributed by atoms with van der Waals surface area (Å²) in [6.45, 7) is 1.74. The molecule has 1 aromatic rings. The molecule has 0 N–H and O–H groups in total. The Hall–Kier alpha value is -1.98. The maximum Gasteiger partial charge on any atom is 0.349 e. The van der Waals surface area contributed by atoms with Crippen molar-refractivity contribution in [2.45, 2.75) is 6.92 Å². The highest BCUT2D eigenvalue weighted by atomic mass is 36.0. The van der Waals surface area contributed by atoms with Crippen LogP contribution in [0.25, 0.3) is 0 Å². The van der Waals surface area contributed by atoms with Crippen molar-refractivity contribution in [1.82, 2.24) is 0 Å². The molecule has 0 saturated heterocycles. The Bertz CT molecular complexity index is 636. The van der Waals surface area contributed by atoms with Crippen LogP contribution >= 0.6 is 21.4 Å². The van der Waals surface area contributed by atoms with Crippen LogP contribution in [0, 0.1) is 20.2 Å². The molecule has 0 bridgehead atoms. The highest BCUT2D eigenvalue weighted by Gasteiger charge is 2.30. The van der Waals surface area contributed by atoms with E-state index in [1.165, 1.54) is 0 Å². The number of rotatable bonds is 5. The Morgan fingerprint density at radius 1 is 1.22 bits per heavy atom. The molecule has 1 rings (SSSR count). The summed E-state index contributed by atoms with van der Waals surface area (Å²) in [4.78, 5) is 31.1. The molecule has 0 spiro atoms. The lowest BCUT2D eigenvalue weighted by Gasteiger charge is -2.08. The highest BCUT2D eigenvalue weighted by molar-refractivity contribution is 8.26. The Morgan fingerprint density at radius 2 is 1.65 bits per heavy atom. The lowest BCUT2D eigenvalue weighted by Crippen LogP contribution is -2.08. The second-order valence-corrected chi connectivity index (χ2v) is 5.98. The first kappa shape index (κ1) is 21.0. The van der Waals surface area contributed by atoms with Gasteiger partial charge in [0.15, 0.2) is 0 Å². The maximum atomic E-state index is 11.5. The molecule has 0 aromatic heterocycles. The number of nitro benzene ring substituents is 2. The third-order valence-corrected chi connectivity index (χ3v) is 2.18. The van der Waals surface area contributed by atoms with Crippen molar-refractivity contribution in [2.24, 2.45) is 0 Å². The summed E-state index contributed by atoms with van der Waals surface area (Å²) in [6, 6.07) is 1.61. The van der Waals surface area contributed by atoms with E-state index in [9.17, 15) is 25.0 Å². The van der Waals surface area contributed by atoms with Crippen LogP contribution in [0.1, 0.15) is 17.3 Å². The number of hydrogen-bond acceptors (Lipinski definition) is 8. The fourth-order valence-corrected chi connectivity index (χ4v) is 1.39. The van der Waals surface area contributed by atoms with Crippen molar-refractivity contribution in [2.75, 3.05) is 13.7 Å². The van der Waals surface area contributed by atoms with Gasteiger partial charge in [0, 0.05) is 27.4 Å². The van der Waals surface area contributed by atoms with E-state index in [4.69, 9.17) is 8.95 Å². The van der Waals surface area contributed by atoms with Crippen molar-refractivity contribution in [3.8, 4) is 5.75 Å². The third-order valence-electron chi connectivity index (χ3n) is 2.18. The molecule has 0 heterocycles. The molecule has 0 atom stereocenters. The summed E-state index contributed by atoms with van der Waals surface area (Å²) in [5, 5.41) is 21.5. The van der Waals surface area contributed by atoms with Crippen LogP contribution in [0.3, 0.4) is 0 Å². The number of halogens is 2. The fourth-order valence-electron chi connectivity index (χ4n) is 1.39. The molecule has 128 valence electrons. The van der Waals surface area contributed by atoms with E-state index in [0.717, 1.165) is 19.2 Å². The van der Waals surface area contributed by atoms with Crippen LogP contribution in [0.5, 0.6) is 5.75 Å². The number of hydrogen-bond donors (Lipinski definition) is 0. The summed E-state index contributed by atoms with van der Waals surface area (Å²) in [6.07, 6.45) is 0. The summed E-state index contributed by atoms with van der Waals surface area (Å²) in [5.74, 6) is -1.01. The van der Waals surface area contributed by atoms with Gasteiger partial charge in [0.25, 0.3) is 0 Å². The largest absolute Gasteiger partial charge is 0.493 e. The van der Waals surface area contributed by atoms with E-state index in [2.05, 4.69) is 26.1 Å². The smallest absolute Gasteiger partial charge is 0.349 e. The van der Waals surface area contributed by atoms with Crippen LogP contribution in [0.4, 0.5) is 11.4 Å². The first-order chi connectivity index (χ1) is 10.6. The second kappa shape index (κ2) is 9.92. The lowest BCUT2D eigenvalue weighted by atomic mass is 10.1. The number of methoxy groups -OCH3 is 1. The standard InChI is InChI=1S/C10H10N2O7.Cl2OS/c1-3-19-9-5-8(12(16)17)7(11(14)15)4-6(9)10(13)18-2;1-4(2)3/h4-5H,3H2,1-2H3;. The van der Waals surface area contributed by atoms with Gasteiger partial charge in [-0.1, -0.05) is 0 Å². The lowest BCUT2D eigenvalue weighted by molar-refractivity contribution is -0.422. The number of carbonyl (C=O) groups excluding carboxylic acids is 1. The van der Waals surface area contributed by atoms with Crippen LogP contribution in [-0.2, 0) is 14.0 Å². The minimum atomic E-state index is -1.67. The molecule has 0 amide bonds. The monoisotopic (exact) mass is 388 g/mol. The normalized spacial score (nSPS) is 9.61. The van der Waals surface area contributed by atoms with E-state index in [-0.39, 0.29) is 17.9 Å². The van der Waals surface area contributed by atoms with Gasteiger partial charge < -0.3 is 9.47 Å². The summed E-state index contributed by atoms with van der Waals surface area (Å²) in [5.41, 5.74) is -1.78. The van der Waals surface area contributed by atoms with Gasteiger partial charge in [-0.2, -0.15) is 0 Å². The van der Waals surface area contributed by atoms with Gasteiger partial charge >= 0.3 is 17.3 Å². The van der Waals surface area contributed by atoms with Crippen LogP contribution in [-0.4, -0.2) is 33.7 Å². The van der Waals surface area contributed by atoms with Gasteiger partial charge in [-0.3, -0.25) is 20.2 Å². The topological polar surface area (TPSA) is 139 Å². The second-order valence-electron chi connectivity index (χ2n) is 3.46. The van der Waals surface area contributed by atoms with Crippen LogP contribution in [0.15, 0.2) is 12.1 Å². The van der Waals surface area contributed by atoms with Crippen molar-refractivity contribution < 1.29 is 28.3 Å². The molecule has 0 aliphatic heterocycles. The van der Waals surface area contributed by atoms with Crippen molar-refractivity contribution in [1.29, 1.82) is 0 Å². The number of carbonyl (C=O) groups is 1. The van der Waals surface area contributed by atoms with Crippen molar-refractivity contribution in [3.05, 3.63) is 37.9 Å². The Morgan fingerprint density at radius 3 is 2.00 bits per heavy atom. The fraction of sp³-hybridized carbons (Fsp3) is 0.300. The van der Waals surface area contributed by atoms with Gasteiger partial charge in [0.05, 0.1) is 29.6 Å². The molecule has 0 aliphatic carbocycles. The van der Waals surface area contributed by atoms with E-state index in [1.54, 1.807) is 6.92 Å². The van der Waals surface area contributed by atoms with E-state index in [1.807, 2.05) is 0 Å². The van der Waals surface area contributed by atoms with E-state index in [0.29, 0.717) is 0 Å². The minimum Gasteiger partial charge on any atom is -0.493 e. The van der Waals surface area contributed by atoms with Gasteiger partial charge in [-0.15, -0.1) is 0 Å². The zero-order chi connectivity index (χ0) is 18.2. The third kappa shape index (κ3) is 6.76. The van der Waals surface area contributed by atoms with Gasteiger partial charge in [-0.05, 0) is 6.92 Å². The highest BCUT2D eigenvalue weighted by Crippen LogP contribution is 2.34. The molecule has 0 aliphatic rings. The first-order valence-electron chi connectivity index (χ1n) is 5.57.